The molecule has 2 aromatic heterocycles. The molecule has 1 aromatic carbocycles. The maximum atomic E-state index is 11.8. The average molecular weight is 282 g/mol. The lowest BCUT2D eigenvalue weighted by molar-refractivity contribution is 0.0594. The standard InChI is InChI=1S/C17H18N2O2/c1-4-9-19-15-8-6-5-7-12(15)13-10-14(17(20)21-3)18-11(2)16(13)19/h5-8,10H,4,9H2,1-3H3. The molecule has 108 valence electrons. The predicted molar refractivity (Wildman–Crippen MR) is 83.6 cm³/mol. The molecular weight excluding hydrogens is 264 g/mol. The average Bonchev–Trinajstić information content (AvgIpc) is 2.82. The van der Waals surface area contributed by atoms with E-state index in [9.17, 15) is 4.79 Å². The van der Waals surface area contributed by atoms with Gasteiger partial charge in [0, 0.05) is 22.8 Å². The third-order valence-corrected chi connectivity index (χ3v) is 3.76. The Morgan fingerprint density at radius 2 is 2.05 bits per heavy atom. The van der Waals surface area contributed by atoms with E-state index in [2.05, 4.69) is 28.6 Å². The van der Waals surface area contributed by atoms with Gasteiger partial charge in [0.05, 0.1) is 18.3 Å². The van der Waals surface area contributed by atoms with Gasteiger partial charge in [-0.15, -0.1) is 0 Å². The number of nitrogens with zero attached hydrogens (tertiary/aromatic N) is 2. The van der Waals surface area contributed by atoms with Crippen molar-refractivity contribution in [2.45, 2.75) is 26.8 Å². The van der Waals surface area contributed by atoms with Crippen LogP contribution in [0.2, 0.25) is 0 Å². The minimum Gasteiger partial charge on any atom is -0.464 e. The van der Waals surface area contributed by atoms with Crippen LogP contribution in [0.25, 0.3) is 21.8 Å². The smallest absolute Gasteiger partial charge is 0.356 e. The number of hydrogen-bond acceptors (Lipinski definition) is 3. The zero-order chi connectivity index (χ0) is 15.0. The fraction of sp³-hybridized carbons (Fsp3) is 0.294. The van der Waals surface area contributed by atoms with Crippen molar-refractivity contribution >= 4 is 27.8 Å². The highest BCUT2D eigenvalue weighted by Gasteiger charge is 2.17. The molecule has 0 aliphatic carbocycles. The highest BCUT2D eigenvalue weighted by Crippen LogP contribution is 2.31. The summed E-state index contributed by atoms with van der Waals surface area (Å²) in [5.41, 5.74) is 3.51. The Morgan fingerprint density at radius 3 is 2.76 bits per heavy atom. The minimum absolute atomic E-state index is 0.363. The molecule has 0 amide bonds. The molecule has 0 unspecified atom stereocenters. The first-order valence-corrected chi connectivity index (χ1v) is 7.14. The fourth-order valence-corrected chi connectivity index (χ4v) is 2.93. The van der Waals surface area contributed by atoms with Crippen LogP contribution in [0.5, 0.6) is 0 Å². The first kappa shape index (κ1) is 13.6. The van der Waals surface area contributed by atoms with E-state index in [0.717, 1.165) is 34.9 Å². The monoisotopic (exact) mass is 282 g/mol. The Bertz CT molecular complexity index is 834. The van der Waals surface area contributed by atoms with Gasteiger partial charge in [0.2, 0.25) is 0 Å². The Balaban J connectivity index is 2.42. The number of aryl methyl sites for hydroxylation is 2. The van der Waals surface area contributed by atoms with Gasteiger partial charge in [-0.25, -0.2) is 9.78 Å². The van der Waals surface area contributed by atoms with Crippen LogP contribution in [0.1, 0.15) is 29.5 Å². The second-order valence-electron chi connectivity index (χ2n) is 5.15. The van der Waals surface area contributed by atoms with Gasteiger partial charge in [0.15, 0.2) is 0 Å². The Labute approximate surface area is 123 Å². The van der Waals surface area contributed by atoms with Crippen molar-refractivity contribution in [1.82, 2.24) is 9.55 Å². The molecule has 0 saturated carbocycles. The topological polar surface area (TPSA) is 44.1 Å². The maximum absolute atomic E-state index is 11.8. The van der Waals surface area contributed by atoms with Crippen molar-refractivity contribution in [3.8, 4) is 0 Å². The minimum atomic E-state index is -0.396. The number of aromatic nitrogens is 2. The maximum Gasteiger partial charge on any atom is 0.356 e. The van der Waals surface area contributed by atoms with E-state index in [1.54, 1.807) is 0 Å². The van der Waals surface area contributed by atoms with E-state index < -0.39 is 5.97 Å². The molecule has 0 saturated heterocycles. The highest BCUT2D eigenvalue weighted by atomic mass is 16.5. The summed E-state index contributed by atoms with van der Waals surface area (Å²) in [6.07, 6.45) is 1.05. The quantitative estimate of drug-likeness (QED) is 0.688. The van der Waals surface area contributed by atoms with Crippen LogP contribution < -0.4 is 0 Å². The van der Waals surface area contributed by atoms with Gasteiger partial charge in [0.1, 0.15) is 5.69 Å². The number of methoxy groups -OCH3 is 1. The molecule has 0 spiro atoms. The van der Waals surface area contributed by atoms with Crippen LogP contribution in [0.3, 0.4) is 0 Å². The highest BCUT2D eigenvalue weighted by molar-refractivity contribution is 6.10. The fourth-order valence-electron chi connectivity index (χ4n) is 2.93. The molecule has 0 radical (unpaired) electrons. The molecule has 3 aromatic rings. The van der Waals surface area contributed by atoms with E-state index in [4.69, 9.17) is 4.74 Å². The van der Waals surface area contributed by atoms with Crippen molar-refractivity contribution in [2.24, 2.45) is 0 Å². The number of carbonyl (C=O) groups is 1. The molecule has 4 nitrogen and oxygen atoms in total. The van der Waals surface area contributed by atoms with Gasteiger partial charge in [0.25, 0.3) is 0 Å². The van der Waals surface area contributed by atoms with E-state index >= 15 is 0 Å². The largest absolute Gasteiger partial charge is 0.464 e. The molecule has 0 N–H and O–H groups in total. The zero-order valence-corrected chi connectivity index (χ0v) is 12.5. The van der Waals surface area contributed by atoms with Crippen molar-refractivity contribution in [2.75, 3.05) is 7.11 Å². The number of esters is 1. The molecule has 2 heterocycles. The van der Waals surface area contributed by atoms with E-state index in [-0.39, 0.29) is 0 Å². The molecule has 4 heteroatoms. The van der Waals surface area contributed by atoms with Crippen LogP contribution in [-0.2, 0) is 11.3 Å². The van der Waals surface area contributed by atoms with Gasteiger partial charge in [-0.1, -0.05) is 25.1 Å². The number of rotatable bonds is 3. The third kappa shape index (κ3) is 2.07. The van der Waals surface area contributed by atoms with Crippen molar-refractivity contribution < 1.29 is 9.53 Å². The number of para-hydroxylation sites is 1. The lowest BCUT2D eigenvalue weighted by Gasteiger charge is -2.08. The molecule has 21 heavy (non-hydrogen) atoms. The molecule has 0 atom stereocenters. The Kier molecular flexibility index (Phi) is 3.37. The van der Waals surface area contributed by atoms with Gasteiger partial charge in [-0.2, -0.15) is 0 Å². The van der Waals surface area contributed by atoms with Crippen molar-refractivity contribution in [3.05, 3.63) is 41.7 Å². The summed E-state index contributed by atoms with van der Waals surface area (Å²) >= 11 is 0. The first-order valence-electron chi connectivity index (χ1n) is 7.14. The van der Waals surface area contributed by atoms with Crippen molar-refractivity contribution in [3.63, 3.8) is 0 Å². The van der Waals surface area contributed by atoms with Gasteiger partial charge in [-0.05, 0) is 25.5 Å². The molecular formula is C17H18N2O2. The third-order valence-electron chi connectivity index (χ3n) is 3.76. The number of ether oxygens (including phenoxy) is 1. The predicted octanol–water partition coefficient (Wildman–Crippen LogP) is 3.69. The van der Waals surface area contributed by atoms with Gasteiger partial charge < -0.3 is 9.30 Å². The molecule has 0 aliphatic rings. The first-order chi connectivity index (χ1) is 10.2. The van der Waals surface area contributed by atoms with E-state index in [1.807, 2.05) is 25.1 Å². The number of hydrogen-bond donors (Lipinski definition) is 0. The van der Waals surface area contributed by atoms with Crippen LogP contribution in [0.15, 0.2) is 30.3 Å². The lowest BCUT2D eigenvalue weighted by atomic mass is 10.1. The zero-order valence-electron chi connectivity index (χ0n) is 12.5. The summed E-state index contributed by atoms with van der Waals surface area (Å²) in [4.78, 5) is 16.2. The van der Waals surface area contributed by atoms with E-state index in [0.29, 0.717) is 5.69 Å². The Hall–Kier alpha value is -2.36. The number of fused-ring (bicyclic) bond motifs is 3. The summed E-state index contributed by atoms with van der Waals surface area (Å²) in [5, 5.41) is 2.21. The second-order valence-corrected chi connectivity index (χ2v) is 5.15. The summed E-state index contributed by atoms with van der Waals surface area (Å²) in [6, 6.07) is 10.1. The van der Waals surface area contributed by atoms with Crippen LogP contribution >= 0.6 is 0 Å². The SMILES string of the molecule is CCCn1c2ccccc2c2cc(C(=O)OC)nc(C)c21. The molecule has 0 aliphatic heterocycles. The molecule has 3 rings (SSSR count). The summed E-state index contributed by atoms with van der Waals surface area (Å²) < 4.78 is 7.08. The van der Waals surface area contributed by atoms with Crippen molar-refractivity contribution in [1.29, 1.82) is 0 Å². The van der Waals surface area contributed by atoms with Gasteiger partial charge in [-0.3, -0.25) is 0 Å². The summed E-state index contributed by atoms with van der Waals surface area (Å²) in [6.45, 7) is 5.04. The lowest BCUT2D eigenvalue weighted by Crippen LogP contribution is -2.06. The number of carbonyl (C=O) groups excluding carboxylic acids is 1. The van der Waals surface area contributed by atoms with Crippen LogP contribution in [0.4, 0.5) is 0 Å². The molecule has 0 fully saturated rings. The van der Waals surface area contributed by atoms with Crippen LogP contribution in [-0.4, -0.2) is 22.6 Å². The summed E-state index contributed by atoms with van der Waals surface area (Å²) in [5.74, 6) is -0.396. The van der Waals surface area contributed by atoms with Gasteiger partial charge >= 0.3 is 5.97 Å². The number of pyridine rings is 1. The van der Waals surface area contributed by atoms with Crippen LogP contribution in [0, 0.1) is 6.92 Å². The summed E-state index contributed by atoms with van der Waals surface area (Å²) in [7, 11) is 1.38. The molecule has 0 bridgehead atoms. The Morgan fingerprint density at radius 1 is 1.29 bits per heavy atom. The second kappa shape index (κ2) is 5.20. The number of benzene rings is 1. The van der Waals surface area contributed by atoms with E-state index in [1.165, 1.54) is 12.6 Å². The normalized spacial score (nSPS) is 11.2.